The Balaban J connectivity index is 1.66. The van der Waals surface area contributed by atoms with E-state index in [2.05, 4.69) is 39.7 Å². The van der Waals surface area contributed by atoms with Gasteiger partial charge in [0.25, 0.3) is 0 Å². The third-order valence-electron chi connectivity index (χ3n) is 3.73. The Bertz CT molecular complexity index is 484. The van der Waals surface area contributed by atoms with E-state index in [-0.39, 0.29) is 12.1 Å². The van der Waals surface area contributed by atoms with Gasteiger partial charge in [-0.3, -0.25) is 4.99 Å². The molecule has 8 nitrogen and oxygen atoms in total. The lowest BCUT2D eigenvalue weighted by molar-refractivity contribution is 0.0347. The number of rotatable bonds is 8. The molecule has 2 atom stereocenters. The van der Waals surface area contributed by atoms with Crippen LogP contribution in [0.25, 0.3) is 0 Å². The second-order valence-electron chi connectivity index (χ2n) is 5.66. The van der Waals surface area contributed by atoms with E-state index in [4.69, 9.17) is 9.47 Å². The molecular formula is C15H28N6O2. The molecule has 1 aromatic heterocycles. The fourth-order valence-electron chi connectivity index (χ4n) is 2.43. The summed E-state index contributed by atoms with van der Waals surface area (Å²) in [6.45, 7) is 7.87. The second-order valence-corrected chi connectivity index (χ2v) is 5.66. The number of aryl methyl sites for hydroxylation is 1. The summed E-state index contributed by atoms with van der Waals surface area (Å²) in [6.07, 6.45) is 3.86. The molecule has 0 spiro atoms. The molecule has 23 heavy (non-hydrogen) atoms. The molecule has 130 valence electrons. The molecule has 2 heterocycles. The molecule has 1 aromatic rings. The maximum atomic E-state index is 5.81. The molecule has 0 saturated carbocycles. The number of hydrogen-bond acceptors (Lipinski definition) is 5. The molecule has 0 amide bonds. The van der Waals surface area contributed by atoms with Crippen molar-refractivity contribution < 1.29 is 9.47 Å². The van der Waals surface area contributed by atoms with Gasteiger partial charge < -0.3 is 24.7 Å². The van der Waals surface area contributed by atoms with Crippen molar-refractivity contribution in [2.75, 3.05) is 33.4 Å². The minimum atomic E-state index is 0.183. The van der Waals surface area contributed by atoms with Gasteiger partial charge in [-0.2, -0.15) is 0 Å². The van der Waals surface area contributed by atoms with E-state index in [1.54, 1.807) is 13.4 Å². The third kappa shape index (κ3) is 5.80. The van der Waals surface area contributed by atoms with Crippen LogP contribution in [0.3, 0.4) is 0 Å². The first-order valence-electron chi connectivity index (χ1n) is 8.26. The Morgan fingerprint density at radius 1 is 1.61 bits per heavy atom. The maximum absolute atomic E-state index is 5.81. The molecular weight excluding hydrogens is 296 g/mol. The number of guanidine groups is 1. The maximum Gasteiger partial charge on any atom is 0.191 e. The van der Waals surface area contributed by atoms with Gasteiger partial charge in [-0.15, -0.1) is 10.2 Å². The summed E-state index contributed by atoms with van der Waals surface area (Å²) >= 11 is 0. The summed E-state index contributed by atoms with van der Waals surface area (Å²) in [6, 6.07) is 0.183. The third-order valence-corrected chi connectivity index (χ3v) is 3.73. The largest absolute Gasteiger partial charge is 0.379 e. The fraction of sp³-hybridized carbons (Fsp3) is 0.800. The van der Waals surface area contributed by atoms with Crippen molar-refractivity contribution in [3.63, 3.8) is 0 Å². The lowest BCUT2D eigenvalue weighted by atomic mass is 10.3. The highest BCUT2D eigenvalue weighted by molar-refractivity contribution is 5.79. The van der Waals surface area contributed by atoms with Crippen LogP contribution in [-0.2, 0) is 22.4 Å². The van der Waals surface area contributed by atoms with Gasteiger partial charge in [-0.05, 0) is 13.3 Å². The van der Waals surface area contributed by atoms with Crippen LogP contribution in [0.4, 0.5) is 0 Å². The van der Waals surface area contributed by atoms with Crippen LogP contribution in [0.1, 0.15) is 26.1 Å². The van der Waals surface area contributed by atoms with Crippen molar-refractivity contribution >= 4 is 5.96 Å². The van der Waals surface area contributed by atoms with Gasteiger partial charge in [0.15, 0.2) is 5.96 Å². The van der Waals surface area contributed by atoms with Crippen molar-refractivity contribution in [1.82, 2.24) is 25.4 Å². The highest BCUT2D eigenvalue weighted by Crippen LogP contribution is 2.08. The van der Waals surface area contributed by atoms with Crippen LogP contribution in [0.15, 0.2) is 11.3 Å². The number of nitrogens with zero attached hydrogens (tertiary/aromatic N) is 4. The monoisotopic (exact) mass is 324 g/mol. The second kappa shape index (κ2) is 9.46. The molecule has 1 aliphatic rings. The molecule has 2 unspecified atom stereocenters. The van der Waals surface area contributed by atoms with Crippen LogP contribution < -0.4 is 10.6 Å². The number of hydrogen-bond donors (Lipinski definition) is 2. The van der Waals surface area contributed by atoms with Crippen LogP contribution >= 0.6 is 0 Å². The molecule has 8 heteroatoms. The van der Waals surface area contributed by atoms with E-state index in [0.29, 0.717) is 13.2 Å². The first-order chi connectivity index (χ1) is 11.2. The molecule has 1 saturated heterocycles. The van der Waals surface area contributed by atoms with Gasteiger partial charge in [-0.1, -0.05) is 6.92 Å². The Morgan fingerprint density at radius 3 is 3.17 bits per heavy atom. The Labute approximate surface area is 137 Å². The van der Waals surface area contributed by atoms with E-state index < -0.39 is 0 Å². The molecule has 0 bridgehead atoms. The Kier molecular flexibility index (Phi) is 7.28. The number of ether oxygens (including phenoxy) is 2. The molecule has 0 radical (unpaired) electrons. The lowest BCUT2D eigenvalue weighted by Crippen LogP contribution is -2.45. The van der Waals surface area contributed by atoms with E-state index in [1.807, 2.05) is 4.57 Å². The number of aliphatic imine (C=N–C) groups is 1. The standard InChI is InChI=1S/C15H28N6O2/c1-4-14-20-18-11-21(14)7-6-17-15(16-3)19-12(2)9-23-13-5-8-22-10-13/h11-13H,4-10H2,1-3H3,(H2,16,17,19). The molecule has 0 aromatic carbocycles. The van der Waals surface area contributed by atoms with Gasteiger partial charge in [0.2, 0.25) is 0 Å². The van der Waals surface area contributed by atoms with Crippen LogP contribution in [-0.4, -0.2) is 66.3 Å². The van der Waals surface area contributed by atoms with E-state index in [1.165, 1.54) is 0 Å². The Hall–Kier alpha value is -1.67. The summed E-state index contributed by atoms with van der Waals surface area (Å²) in [5.74, 6) is 1.77. The lowest BCUT2D eigenvalue weighted by Gasteiger charge is -2.19. The first kappa shape index (κ1) is 17.7. The average Bonchev–Trinajstić information content (AvgIpc) is 3.23. The summed E-state index contributed by atoms with van der Waals surface area (Å²) in [7, 11) is 1.77. The van der Waals surface area contributed by atoms with Gasteiger partial charge in [0.05, 0.1) is 19.3 Å². The topological polar surface area (TPSA) is 85.6 Å². The van der Waals surface area contributed by atoms with Crippen LogP contribution in [0.5, 0.6) is 0 Å². The first-order valence-corrected chi connectivity index (χ1v) is 8.26. The minimum Gasteiger partial charge on any atom is -0.379 e. The van der Waals surface area contributed by atoms with Crippen molar-refractivity contribution in [3.05, 3.63) is 12.2 Å². The van der Waals surface area contributed by atoms with Crippen molar-refractivity contribution in [3.8, 4) is 0 Å². The summed E-state index contributed by atoms with van der Waals surface area (Å²) in [4.78, 5) is 4.24. The van der Waals surface area contributed by atoms with Crippen molar-refractivity contribution in [2.24, 2.45) is 4.99 Å². The highest BCUT2D eigenvalue weighted by Gasteiger charge is 2.17. The molecule has 2 rings (SSSR count). The fourth-order valence-corrected chi connectivity index (χ4v) is 2.43. The van der Waals surface area contributed by atoms with Crippen molar-refractivity contribution in [2.45, 2.75) is 45.4 Å². The number of nitrogens with one attached hydrogen (secondary N) is 2. The molecule has 1 fully saturated rings. The quantitative estimate of drug-likeness (QED) is 0.525. The van der Waals surface area contributed by atoms with Crippen LogP contribution in [0, 0.1) is 0 Å². The molecule has 1 aliphatic heterocycles. The zero-order chi connectivity index (χ0) is 16.5. The van der Waals surface area contributed by atoms with E-state index in [9.17, 15) is 0 Å². The van der Waals surface area contributed by atoms with Crippen LogP contribution in [0.2, 0.25) is 0 Å². The summed E-state index contributed by atoms with van der Waals surface area (Å²) < 4.78 is 13.2. The van der Waals surface area contributed by atoms with E-state index >= 15 is 0 Å². The van der Waals surface area contributed by atoms with Crippen molar-refractivity contribution in [1.29, 1.82) is 0 Å². The average molecular weight is 324 g/mol. The van der Waals surface area contributed by atoms with Gasteiger partial charge in [0, 0.05) is 39.2 Å². The predicted molar refractivity (Wildman–Crippen MR) is 88.5 cm³/mol. The SMILES string of the molecule is CCc1nncn1CCNC(=NC)NC(C)COC1CCOC1. The molecule has 2 N–H and O–H groups in total. The highest BCUT2D eigenvalue weighted by atomic mass is 16.5. The summed E-state index contributed by atoms with van der Waals surface area (Å²) in [5.41, 5.74) is 0. The zero-order valence-corrected chi connectivity index (χ0v) is 14.3. The molecule has 0 aliphatic carbocycles. The predicted octanol–water partition coefficient (Wildman–Crippen LogP) is 0.200. The van der Waals surface area contributed by atoms with Gasteiger partial charge >= 0.3 is 0 Å². The van der Waals surface area contributed by atoms with Gasteiger partial charge in [-0.25, -0.2) is 0 Å². The zero-order valence-electron chi connectivity index (χ0n) is 14.3. The Morgan fingerprint density at radius 2 is 2.48 bits per heavy atom. The minimum absolute atomic E-state index is 0.183. The number of aromatic nitrogens is 3. The smallest absolute Gasteiger partial charge is 0.191 e. The summed E-state index contributed by atoms with van der Waals surface area (Å²) in [5, 5.41) is 14.6. The normalized spacial score (nSPS) is 19.8. The van der Waals surface area contributed by atoms with Gasteiger partial charge in [0.1, 0.15) is 12.2 Å². The van der Waals surface area contributed by atoms with E-state index in [0.717, 1.165) is 44.3 Å².